The molecule has 33 heavy (non-hydrogen) atoms. The predicted molar refractivity (Wildman–Crippen MR) is 129 cm³/mol. The van der Waals surface area contributed by atoms with E-state index in [0.717, 1.165) is 57.3 Å². The van der Waals surface area contributed by atoms with Gasteiger partial charge in [0.2, 0.25) is 10.0 Å². The molecular weight excluding hydrogens is 440 g/mol. The summed E-state index contributed by atoms with van der Waals surface area (Å²) >= 11 is 0. The molecule has 4 rings (SSSR count). The molecule has 2 aliphatic heterocycles. The number of piperidine rings is 2. The minimum absolute atomic E-state index is 0.140. The number of sulfonamides is 1. The van der Waals surface area contributed by atoms with Crippen LogP contribution >= 0.6 is 0 Å². The molecule has 1 aromatic carbocycles. The van der Waals surface area contributed by atoms with Crippen LogP contribution in [0.2, 0.25) is 0 Å². The Kier molecular flexibility index (Phi) is 7.19. The van der Waals surface area contributed by atoms with Gasteiger partial charge >= 0.3 is 0 Å². The lowest BCUT2D eigenvalue weighted by Crippen LogP contribution is -2.36. The molecule has 0 aliphatic carbocycles. The molecule has 8 nitrogen and oxygen atoms in total. The Morgan fingerprint density at radius 1 is 0.939 bits per heavy atom. The van der Waals surface area contributed by atoms with Crippen LogP contribution in [0.15, 0.2) is 46.2 Å². The van der Waals surface area contributed by atoms with Crippen molar-refractivity contribution in [3.63, 3.8) is 0 Å². The summed E-state index contributed by atoms with van der Waals surface area (Å²) in [6, 6.07) is 7.90. The number of amides is 1. The average Bonchev–Trinajstić information content (AvgIpc) is 2.85. The largest absolute Gasteiger partial charge is 0.371 e. The molecule has 2 aliphatic rings. The maximum atomic E-state index is 13.4. The molecule has 0 unspecified atom stereocenters. The topological polar surface area (TPSA) is 91.7 Å². The van der Waals surface area contributed by atoms with Crippen LogP contribution < -0.4 is 15.8 Å². The van der Waals surface area contributed by atoms with Gasteiger partial charge in [0.15, 0.2) is 0 Å². The number of aryl methyl sites for hydroxylation is 1. The molecule has 0 radical (unpaired) electrons. The molecular formula is C24H32N4O4S. The zero-order chi connectivity index (χ0) is 23.4. The van der Waals surface area contributed by atoms with Gasteiger partial charge in [-0.1, -0.05) is 6.42 Å². The van der Waals surface area contributed by atoms with E-state index in [2.05, 4.69) is 10.2 Å². The summed E-state index contributed by atoms with van der Waals surface area (Å²) in [5.74, 6) is -0.382. The Morgan fingerprint density at radius 3 is 2.27 bits per heavy atom. The molecule has 2 saturated heterocycles. The van der Waals surface area contributed by atoms with E-state index in [0.29, 0.717) is 30.9 Å². The number of aromatic nitrogens is 1. The van der Waals surface area contributed by atoms with Crippen molar-refractivity contribution < 1.29 is 13.2 Å². The summed E-state index contributed by atoms with van der Waals surface area (Å²) in [6.07, 6.45) is 7.57. The van der Waals surface area contributed by atoms with E-state index in [-0.39, 0.29) is 16.4 Å². The number of nitrogens with zero attached hydrogens (tertiary/aromatic N) is 3. The summed E-state index contributed by atoms with van der Waals surface area (Å²) in [6.45, 7) is 5.03. The highest BCUT2D eigenvalue weighted by molar-refractivity contribution is 7.89. The third-order valence-electron chi connectivity index (χ3n) is 6.44. The number of hydrogen-bond donors (Lipinski definition) is 1. The molecule has 178 valence electrons. The van der Waals surface area contributed by atoms with Crippen molar-refractivity contribution in [2.24, 2.45) is 0 Å². The lowest BCUT2D eigenvalue weighted by molar-refractivity contribution is 0.102. The Labute approximate surface area is 195 Å². The zero-order valence-electron chi connectivity index (χ0n) is 19.1. The Bertz CT molecular complexity index is 1160. The van der Waals surface area contributed by atoms with Crippen molar-refractivity contribution in [3.8, 4) is 0 Å². The summed E-state index contributed by atoms with van der Waals surface area (Å²) in [4.78, 5) is 27.6. The molecule has 1 aromatic heterocycles. The van der Waals surface area contributed by atoms with E-state index < -0.39 is 10.0 Å². The van der Waals surface area contributed by atoms with Crippen molar-refractivity contribution in [2.75, 3.05) is 36.4 Å². The van der Waals surface area contributed by atoms with Gasteiger partial charge in [0.1, 0.15) is 0 Å². The molecule has 0 atom stereocenters. The first-order valence-electron chi connectivity index (χ1n) is 11.8. The number of pyridine rings is 1. The smallest absolute Gasteiger partial charge is 0.257 e. The third-order valence-corrected chi connectivity index (χ3v) is 8.34. The maximum Gasteiger partial charge on any atom is 0.257 e. The molecule has 0 saturated carbocycles. The number of carbonyl (C=O) groups excluding carboxylic acids is 1. The van der Waals surface area contributed by atoms with Gasteiger partial charge < -0.3 is 14.8 Å². The Morgan fingerprint density at radius 2 is 1.61 bits per heavy atom. The van der Waals surface area contributed by atoms with Crippen molar-refractivity contribution >= 4 is 27.3 Å². The first-order valence-corrected chi connectivity index (χ1v) is 13.2. The predicted octanol–water partition coefficient (Wildman–Crippen LogP) is 3.29. The van der Waals surface area contributed by atoms with E-state index in [1.165, 1.54) is 21.0 Å². The van der Waals surface area contributed by atoms with E-state index in [1.54, 1.807) is 24.4 Å². The lowest BCUT2D eigenvalue weighted by atomic mass is 10.1. The second-order valence-electron chi connectivity index (χ2n) is 8.69. The van der Waals surface area contributed by atoms with Crippen LogP contribution in [0.25, 0.3) is 0 Å². The van der Waals surface area contributed by atoms with E-state index in [9.17, 15) is 18.0 Å². The SMILES string of the molecule is CCn1cc(NC(=O)c2cc(S(=O)(=O)N3CCCCC3)ccc2N2CCCCC2)ccc1=O. The van der Waals surface area contributed by atoms with Crippen LogP contribution in [-0.2, 0) is 16.6 Å². The van der Waals surface area contributed by atoms with Crippen molar-refractivity contribution in [1.29, 1.82) is 0 Å². The maximum absolute atomic E-state index is 13.4. The molecule has 1 N–H and O–H groups in total. The molecule has 3 heterocycles. The fourth-order valence-electron chi connectivity index (χ4n) is 4.57. The van der Waals surface area contributed by atoms with Crippen LogP contribution in [0.3, 0.4) is 0 Å². The fourth-order valence-corrected chi connectivity index (χ4v) is 6.12. The zero-order valence-corrected chi connectivity index (χ0v) is 19.9. The van der Waals surface area contributed by atoms with Gasteiger partial charge in [-0.25, -0.2) is 8.42 Å². The number of benzene rings is 1. The van der Waals surface area contributed by atoms with Crippen LogP contribution in [0.1, 0.15) is 55.8 Å². The van der Waals surface area contributed by atoms with Crippen LogP contribution in [0.4, 0.5) is 11.4 Å². The van der Waals surface area contributed by atoms with Crippen LogP contribution in [0.5, 0.6) is 0 Å². The number of hydrogen-bond acceptors (Lipinski definition) is 5. The number of carbonyl (C=O) groups is 1. The highest BCUT2D eigenvalue weighted by Gasteiger charge is 2.28. The van der Waals surface area contributed by atoms with Crippen molar-refractivity contribution in [3.05, 3.63) is 52.4 Å². The molecule has 2 aromatic rings. The van der Waals surface area contributed by atoms with Crippen LogP contribution in [0, 0.1) is 0 Å². The van der Waals surface area contributed by atoms with Gasteiger partial charge in [0.05, 0.1) is 16.1 Å². The first-order chi connectivity index (χ1) is 15.9. The van der Waals surface area contributed by atoms with Gasteiger partial charge in [-0.3, -0.25) is 9.59 Å². The average molecular weight is 473 g/mol. The summed E-state index contributed by atoms with van der Waals surface area (Å²) in [5, 5.41) is 2.86. The van der Waals surface area contributed by atoms with Crippen molar-refractivity contribution in [2.45, 2.75) is 56.9 Å². The van der Waals surface area contributed by atoms with E-state index in [1.807, 2.05) is 6.92 Å². The molecule has 0 spiro atoms. The number of anilines is 2. The summed E-state index contributed by atoms with van der Waals surface area (Å²) in [7, 11) is -3.67. The second kappa shape index (κ2) is 10.1. The quantitative estimate of drug-likeness (QED) is 0.697. The van der Waals surface area contributed by atoms with Gasteiger partial charge in [-0.05, 0) is 63.3 Å². The molecule has 1 amide bonds. The molecule has 2 fully saturated rings. The Balaban J connectivity index is 1.70. The standard InChI is InChI=1S/C24H32N4O4S/c1-2-26-18-19(9-12-23(26)29)25-24(30)21-17-20(33(31,32)28-15-7-4-8-16-28)10-11-22(21)27-13-5-3-6-14-27/h9-12,17-18H,2-8,13-16H2,1H3,(H,25,30). The molecule has 9 heteroatoms. The van der Waals surface area contributed by atoms with Gasteiger partial charge in [-0.15, -0.1) is 0 Å². The second-order valence-corrected chi connectivity index (χ2v) is 10.6. The highest BCUT2D eigenvalue weighted by atomic mass is 32.2. The minimum Gasteiger partial charge on any atom is -0.371 e. The lowest BCUT2D eigenvalue weighted by Gasteiger charge is -2.31. The van der Waals surface area contributed by atoms with Gasteiger partial charge in [-0.2, -0.15) is 4.31 Å². The van der Waals surface area contributed by atoms with E-state index >= 15 is 0 Å². The normalized spacial score (nSPS) is 17.7. The summed E-state index contributed by atoms with van der Waals surface area (Å²) < 4.78 is 29.6. The molecule has 0 bridgehead atoms. The van der Waals surface area contributed by atoms with E-state index in [4.69, 9.17) is 0 Å². The fraction of sp³-hybridized carbons (Fsp3) is 0.500. The summed E-state index contributed by atoms with van der Waals surface area (Å²) in [5.41, 5.74) is 1.44. The van der Waals surface area contributed by atoms with Gasteiger partial charge in [0, 0.05) is 50.7 Å². The Hall–Kier alpha value is -2.65. The minimum atomic E-state index is -3.67. The van der Waals surface area contributed by atoms with Gasteiger partial charge in [0.25, 0.3) is 11.5 Å². The number of nitrogens with one attached hydrogen (secondary N) is 1. The third kappa shape index (κ3) is 5.14. The first kappa shape index (κ1) is 23.5. The number of rotatable bonds is 6. The van der Waals surface area contributed by atoms with Crippen molar-refractivity contribution in [1.82, 2.24) is 8.87 Å². The monoisotopic (exact) mass is 472 g/mol. The van der Waals surface area contributed by atoms with Crippen LogP contribution in [-0.4, -0.2) is 49.4 Å². The highest BCUT2D eigenvalue weighted by Crippen LogP contribution is 2.30.